The lowest BCUT2D eigenvalue weighted by Gasteiger charge is -2.18. The molecule has 0 spiro atoms. The normalized spacial score (nSPS) is 12.4. The molecule has 0 radical (unpaired) electrons. The molecule has 0 fully saturated rings. The standard InChI is InChI=1S/C75H136O6/c1-4-7-10-13-16-19-22-25-27-29-31-32-33-34-35-36-37-38-39-40-41-42-43-44-45-47-48-50-53-56-59-62-65-68-74(77)80-71-72(70-79-73(76)67-64-61-58-55-52-24-21-18-15-12-9-6-3)81-75(78)69-66-63-60-57-54-51-49-46-30-28-26-23-20-17-14-11-8-5-2/h7,10,16,19,25,27-28,30-32,72H,4-6,8-9,11-15,17-18,20-24,26,29,33-71H2,1-3H3/b10-7-,19-16-,27-25-,30-28-,32-31-. The Morgan fingerprint density at radius 3 is 0.765 bits per heavy atom. The molecule has 0 aliphatic carbocycles. The molecular weight excluding hydrogens is 997 g/mol. The third kappa shape index (κ3) is 67.8. The highest BCUT2D eigenvalue weighted by Crippen LogP contribution is 2.18. The molecule has 0 aliphatic heterocycles. The van der Waals surface area contributed by atoms with E-state index in [1.807, 2.05) is 0 Å². The maximum atomic E-state index is 12.9. The third-order valence-electron chi connectivity index (χ3n) is 16.0. The molecule has 0 saturated heterocycles. The van der Waals surface area contributed by atoms with Gasteiger partial charge in [-0.2, -0.15) is 0 Å². The molecule has 0 amide bonds. The molecule has 1 atom stereocenters. The summed E-state index contributed by atoms with van der Waals surface area (Å²) in [7, 11) is 0. The molecule has 0 saturated carbocycles. The quantitative estimate of drug-likeness (QED) is 0.0261. The predicted molar refractivity (Wildman–Crippen MR) is 353 cm³/mol. The van der Waals surface area contributed by atoms with Gasteiger partial charge in [-0.15, -0.1) is 0 Å². The molecule has 0 aromatic carbocycles. The lowest BCUT2D eigenvalue weighted by atomic mass is 10.0. The van der Waals surface area contributed by atoms with Crippen molar-refractivity contribution in [3.05, 3.63) is 60.8 Å². The van der Waals surface area contributed by atoms with Gasteiger partial charge in [-0.05, 0) is 83.5 Å². The van der Waals surface area contributed by atoms with Crippen LogP contribution in [-0.2, 0) is 28.6 Å². The van der Waals surface area contributed by atoms with Gasteiger partial charge in [0.1, 0.15) is 13.2 Å². The van der Waals surface area contributed by atoms with Crippen LogP contribution in [0.1, 0.15) is 380 Å². The van der Waals surface area contributed by atoms with Crippen molar-refractivity contribution in [3.63, 3.8) is 0 Å². The van der Waals surface area contributed by atoms with E-state index in [0.29, 0.717) is 19.3 Å². The summed E-state index contributed by atoms with van der Waals surface area (Å²) in [5.41, 5.74) is 0. The number of unbranched alkanes of at least 4 members (excludes halogenated alkanes) is 45. The maximum Gasteiger partial charge on any atom is 0.306 e. The summed E-state index contributed by atoms with van der Waals surface area (Å²) in [6.07, 6.45) is 89.8. The van der Waals surface area contributed by atoms with E-state index in [0.717, 1.165) is 83.5 Å². The number of ether oxygens (including phenoxy) is 3. The molecule has 0 N–H and O–H groups in total. The van der Waals surface area contributed by atoms with Crippen LogP contribution in [0, 0.1) is 0 Å². The zero-order valence-electron chi connectivity index (χ0n) is 54.3. The molecule has 1 unspecified atom stereocenters. The Bertz CT molecular complexity index is 1440. The minimum absolute atomic E-state index is 0.0692. The Morgan fingerprint density at radius 2 is 0.481 bits per heavy atom. The van der Waals surface area contributed by atoms with Crippen molar-refractivity contribution in [2.45, 2.75) is 386 Å². The van der Waals surface area contributed by atoms with E-state index >= 15 is 0 Å². The first-order chi connectivity index (χ1) is 40.0. The molecule has 0 aliphatic rings. The summed E-state index contributed by atoms with van der Waals surface area (Å²) in [5.74, 6) is -0.848. The first kappa shape index (κ1) is 78.1. The van der Waals surface area contributed by atoms with E-state index in [1.54, 1.807) is 0 Å². The van der Waals surface area contributed by atoms with Gasteiger partial charge in [-0.1, -0.05) is 338 Å². The first-order valence-electron chi connectivity index (χ1n) is 35.8. The zero-order chi connectivity index (χ0) is 58.5. The highest BCUT2D eigenvalue weighted by Gasteiger charge is 2.19. The maximum absolute atomic E-state index is 12.9. The second-order valence-corrected chi connectivity index (χ2v) is 24.1. The molecule has 0 aromatic rings. The predicted octanol–water partition coefficient (Wildman–Crippen LogP) is 24.7. The minimum atomic E-state index is -0.772. The largest absolute Gasteiger partial charge is 0.462 e. The van der Waals surface area contributed by atoms with Gasteiger partial charge in [0, 0.05) is 19.3 Å². The molecule has 0 heterocycles. The zero-order valence-corrected chi connectivity index (χ0v) is 54.3. The summed E-state index contributed by atoms with van der Waals surface area (Å²) in [6, 6.07) is 0. The smallest absolute Gasteiger partial charge is 0.306 e. The van der Waals surface area contributed by atoms with Crippen molar-refractivity contribution >= 4 is 17.9 Å². The van der Waals surface area contributed by atoms with Crippen LogP contribution in [0.3, 0.4) is 0 Å². The summed E-state index contributed by atoms with van der Waals surface area (Å²) in [5, 5.41) is 0. The van der Waals surface area contributed by atoms with Gasteiger partial charge in [-0.25, -0.2) is 0 Å². The van der Waals surface area contributed by atoms with Gasteiger partial charge in [0.25, 0.3) is 0 Å². The molecule has 81 heavy (non-hydrogen) atoms. The van der Waals surface area contributed by atoms with Crippen molar-refractivity contribution in [1.82, 2.24) is 0 Å². The van der Waals surface area contributed by atoms with Crippen molar-refractivity contribution in [3.8, 4) is 0 Å². The lowest BCUT2D eigenvalue weighted by Crippen LogP contribution is -2.30. The fourth-order valence-corrected chi connectivity index (χ4v) is 10.7. The van der Waals surface area contributed by atoms with E-state index in [-0.39, 0.29) is 31.1 Å². The second kappa shape index (κ2) is 69.6. The molecule has 6 nitrogen and oxygen atoms in total. The van der Waals surface area contributed by atoms with Crippen LogP contribution in [0.5, 0.6) is 0 Å². The van der Waals surface area contributed by atoms with Crippen molar-refractivity contribution in [1.29, 1.82) is 0 Å². The van der Waals surface area contributed by atoms with Gasteiger partial charge >= 0.3 is 17.9 Å². The van der Waals surface area contributed by atoms with E-state index in [1.165, 1.54) is 257 Å². The number of esters is 3. The van der Waals surface area contributed by atoms with Crippen molar-refractivity contribution in [2.24, 2.45) is 0 Å². The molecular formula is C75H136O6. The number of rotatable bonds is 66. The Kier molecular flexibility index (Phi) is 67.1. The summed E-state index contributed by atoms with van der Waals surface area (Å²) in [4.78, 5) is 38.4. The summed E-state index contributed by atoms with van der Waals surface area (Å²) < 4.78 is 17.0. The van der Waals surface area contributed by atoms with Gasteiger partial charge < -0.3 is 14.2 Å². The Hall–Kier alpha value is -2.89. The van der Waals surface area contributed by atoms with E-state index in [9.17, 15) is 14.4 Å². The van der Waals surface area contributed by atoms with Gasteiger partial charge in [0.15, 0.2) is 6.10 Å². The van der Waals surface area contributed by atoms with Crippen LogP contribution in [-0.4, -0.2) is 37.2 Å². The number of hydrogen-bond donors (Lipinski definition) is 0. The Morgan fingerprint density at radius 1 is 0.259 bits per heavy atom. The average molecular weight is 1130 g/mol. The number of allylic oxidation sites excluding steroid dienone is 10. The SMILES string of the molecule is CC/C=C\C/C=C\C/C=C\C/C=C\CCCCCCCCCCCCCCCCCCCCCCC(=O)OCC(COC(=O)CCCCCCCCCCCCCC)OC(=O)CCCCCCCCC/C=C\CCCCCCCCC. The molecule has 0 bridgehead atoms. The lowest BCUT2D eigenvalue weighted by molar-refractivity contribution is -0.167. The highest BCUT2D eigenvalue weighted by atomic mass is 16.6. The fraction of sp³-hybridized carbons (Fsp3) is 0.827. The average Bonchev–Trinajstić information content (AvgIpc) is 3.47. The van der Waals surface area contributed by atoms with Gasteiger partial charge in [-0.3, -0.25) is 14.4 Å². The van der Waals surface area contributed by atoms with Crippen LogP contribution in [0.2, 0.25) is 0 Å². The summed E-state index contributed by atoms with van der Waals surface area (Å²) >= 11 is 0. The van der Waals surface area contributed by atoms with Crippen LogP contribution in [0.25, 0.3) is 0 Å². The number of carbonyl (C=O) groups excluding carboxylic acids is 3. The van der Waals surface area contributed by atoms with Crippen molar-refractivity contribution < 1.29 is 28.6 Å². The molecule has 472 valence electrons. The van der Waals surface area contributed by atoms with E-state index in [4.69, 9.17) is 14.2 Å². The van der Waals surface area contributed by atoms with Crippen LogP contribution < -0.4 is 0 Å². The third-order valence-corrected chi connectivity index (χ3v) is 16.0. The molecule has 6 heteroatoms. The Balaban J connectivity index is 4.12. The minimum Gasteiger partial charge on any atom is -0.462 e. The molecule has 0 rings (SSSR count). The van der Waals surface area contributed by atoms with Crippen molar-refractivity contribution in [2.75, 3.05) is 13.2 Å². The first-order valence-corrected chi connectivity index (χ1v) is 35.8. The Labute approximate surface area is 504 Å². The molecule has 0 aromatic heterocycles. The topological polar surface area (TPSA) is 78.9 Å². The fourth-order valence-electron chi connectivity index (χ4n) is 10.7. The van der Waals surface area contributed by atoms with Crippen LogP contribution >= 0.6 is 0 Å². The van der Waals surface area contributed by atoms with Gasteiger partial charge in [0.2, 0.25) is 0 Å². The van der Waals surface area contributed by atoms with Gasteiger partial charge in [0.05, 0.1) is 0 Å². The highest BCUT2D eigenvalue weighted by molar-refractivity contribution is 5.71. The van der Waals surface area contributed by atoms with E-state index in [2.05, 4.69) is 81.5 Å². The van der Waals surface area contributed by atoms with E-state index < -0.39 is 6.10 Å². The van der Waals surface area contributed by atoms with Crippen LogP contribution in [0.15, 0.2) is 60.8 Å². The number of hydrogen-bond acceptors (Lipinski definition) is 6. The summed E-state index contributed by atoms with van der Waals surface area (Å²) in [6.45, 7) is 6.58. The number of carbonyl (C=O) groups is 3. The van der Waals surface area contributed by atoms with Crippen LogP contribution in [0.4, 0.5) is 0 Å². The monoisotopic (exact) mass is 1130 g/mol. The second-order valence-electron chi connectivity index (χ2n) is 24.1.